The molecule has 1 heterocycles. The maximum atomic E-state index is 11.3. The van der Waals surface area contributed by atoms with Crippen LogP contribution in [0, 0.1) is 12.3 Å². The molecular formula is C10H16N2O. The van der Waals surface area contributed by atoms with Crippen LogP contribution in [0.3, 0.4) is 0 Å². The van der Waals surface area contributed by atoms with Gasteiger partial charge in [-0.05, 0) is 32.1 Å². The van der Waals surface area contributed by atoms with E-state index in [0.29, 0.717) is 0 Å². The first-order chi connectivity index (χ1) is 6.16. The fourth-order valence-electron chi connectivity index (χ4n) is 1.84. The maximum absolute atomic E-state index is 11.3. The molecule has 3 nitrogen and oxygen atoms in total. The van der Waals surface area contributed by atoms with Gasteiger partial charge in [-0.1, -0.05) is 0 Å². The summed E-state index contributed by atoms with van der Waals surface area (Å²) in [6, 6.07) is 0.148. The highest BCUT2D eigenvalue weighted by molar-refractivity contribution is 5.93. The van der Waals surface area contributed by atoms with Gasteiger partial charge in [0.1, 0.15) is 0 Å². The molecule has 2 unspecified atom stereocenters. The Morgan fingerprint density at radius 3 is 2.92 bits per heavy atom. The smallest absolute Gasteiger partial charge is 0.298 e. The van der Waals surface area contributed by atoms with Crippen LogP contribution >= 0.6 is 0 Å². The Balaban J connectivity index is 2.68. The number of terminal acetylenes is 1. The van der Waals surface area contributed by atoms with Gasteiger partial charge in [-0.3, -0.25) is 4.79 Å². The number of amides is 1. The summed E-state index contributed by atoms with van der Waals surface area (Å²) in [6.07, 6.45) is 8.24. The van der Waals surface area contributed by atoms with Gasteiger partial charge < -0.3 is 10.6 Å². The molecule has 0 saturated carbocycles. The van der Waals surface area contributed by atoms with E-state index in [1.165, 1.54) is 0 Å². The molecule has 1 amide bonds. The Morgan fingerprint density at radius 1 is 1.69 bits per heavy atom. The van der Waals surface area contributed by atoms with Crippen molar-refractivity contribution in [1.29, 1.82) is 0 Å². The first-order valence-electron chi connectivity index (χ1n) is 4.69. The van der Waals surface area contributed by atoms with E-state index in [1.54, 1.807) is 4.90 Å². The third-order valence-corrected chi connectivity index (χ3v) is 2.54. The van der Waals surface area contributed by atoms with Gasteiger partial charge in [-0.2, -0.15) is 0 Å². The van der Waals surface area contributed by atoms with Crippen molar-refractivity contribution in [3.63, 3.8) is 0 Å². The lowest BCUT2D eigenvalue weighted by atomic mass is 9.97. The normalized spacial score (nSPS) is 25.0. The molecule has 0 aromatic rings. The lowest BCUT2D eigenvalue weighted by molar-refractivity contribution is -0.129. The zero-order valence-electron chi connectivity index (χ0n) is 7.99. The second kappa shape index (κ2) is 4.29. The summed E-state index contributed by atoms with van der Waals surface area (Å²) in [5.41, 5.74) is 5.79. The van der Waals surface area contributed by atoms with Gasteiger partial charge in [0.25, 0.3) is 5.91 Å². The third kappa shape index (κ3) is 2.22. The molecule has 1 fully saturated rings. The highest BCUT2D eigenvalue weighted by Crippen LogP contribution is 2.18. The number of rotatable bonds is 1. The minimum absolute atomic E-state index is 0.0117. The highest BCUT2D eigenvalue weighted by atomic mass is 16.2. The van der Waals surface area contributed by atoms with E-state index in [1.807, 2.05) is 6.92 Å². The zero-order chi connectivity index (χ0) is 9.84. The van der Waals surface area contributed by atoms with E-state index < -0.39 is 0 Å². The van der Waals surface area contributed by atoms with E-state index in [-0.39, 0.29) is 18.0 Å². The zero-order valence-corrected chi connectivity index (χ0v) is 7.99. The summed E-state index contributed by atoms with van der Waals surface area (Å²) in [7, 11) is 0. The molecule has 0 aromatic carbocycles. The minimum atomic E-state index is -0.220. The van der Waals surface area contributed by atoms with E-state index in [4.69, 9.17) is 12.2 Å². The molecule has 0 aromatic heterocycles. The van der Waals surface area contributed by atoms with E-state index >= 15 is 0 Å². The summed E-state index contributed by atoms with van der Waals surface area (Å²) in [6.45, 7) is 2.68. The second-order valence-corrected chi connectivity index (χ2v) is 3.57. The first kappa shape index (κ1) is 10.1. The van der Waals surface area contributed by atoms with E-state index in [0.717, 1.165) is 25.8 Å². The van der Waals surface area contributed by atoms with Crippen LogP contribution < -0.4 is 5.73 Å². The number of piperidine rings is 1. The molecule has 1 saturated heterocycles. The van der Waals surface area contributed by atoms with Crippen molar-refractivity contribution in [2.75, 3.05) is 6.54 Å². The molecule has 72 valence electrons. The highest BCUT2D eigenvalue weighted by Gasteiger charge is 2.27. The van der Waals surface area contributed by atoms with Crippen molar-refractivity contribution < 1.29 is 4.79 Å². The quantitative estimate of drug-likeness (QED) is 0.592. The van der Waals surface area contributed by atoms with Crippen LogP contribution in [0.4, 0.5) is 0 Å². The van der Waals surface area contributed by atoms with Gasteiger partial charge in [0.15, 0.2) is 0 Å². The lowest BCUT2D eigenvalue weighted by Crippen LogP contribution is -2.51. The number of hydrogen-bond acceptors (Lipinski definition) is 2. The van der Waals surface area contributed by atoms with E-state index in [9.17, 15) is 4.79 Å². The van der Waals surface area contributed by atoms with Gasteiger partial charge >= 0.3 is 0 Å². The van der Waals surface area contributed by atoms with Gasteiger partial charge in [-0.15, -0.1) is 6.42 Å². The maximum Gasteiger partial charge on any atom is 0.298 e. The number of carbonyl (C=O) groups excluding carboxylic acids is 1. The summed E-state index contributed by atoms with van der Waals surface area (Å²) in [5, 5.41) is 0. The van der Waals surface area contributed by atoms with Crippen molar-refractivity contribution in [1.82, 2.24) is 4.90 Å². The molecule has 2 atom stereocenters. The SMILES string of the molecule is C#CC(=O)N1CCCCC1C(C)N. The Bertz CT molecular complexity index is 230. The van der Waals surface area contributed by atoms with Gasteiger partial charge in [0, 0.05) is 18.6 Å². The molecular weight excluding hydrogens is 164 g/mol. The van der Waals surface area contributed by atoms with Crippen LogP contribution in [0.25, 0.3) is 0 Å². The Morgan fingerprint density at radius 2 is 2.38 bits per heavy atom. The van der Waals surface area contributed by atoms with Crippen molar-refractivity contribution in [2.24, 2.45) is 5.73 Å². The third-order valence-electron chi connectivity index (χ3n) is 2.54. The molecule has 0 radical (unpaired) electrons. The fraction of sp³-hybridized carbons (Fsp3) is 0.700. The molecule has 0 spiro atoms. The summed E-state index contributed by atoms with van der Waals surface area (Å²) in [5.74, 6) is 1.93. The van der Waals surface area contributed by atoms with Crippen molar-refractivity contribution in [3.8, 4) is 12.3 Å². The van der Waals surface area contributed by atoms with Gasteiger partial charge in [0.05, 0.1) is 0 Å². The number of nitrogens with zero attached hydrogens (tertiary/aromatic N) is 1. The number of carbonyl (C=O) groups is 1. The largest absolute Gasteiger partial charge is 0.327 e. The summed E-state index contributed by atoms with van der Waals surface area (Å²) < 4.78 is 0. The molecule has 1 aliphatic heterocycles. The van der Waals surface area contributed by atoms with Crippen LogP contribution in [0.2, 0.25) is 0 Å². The van der Waals surface area contributed by atoms with E-state index in [2.05, 4.69) is 5.92 Å². The molecule has 13 heavy (non-hydrogen) atoms. The van der Waals surface area contributed by atoms with Crippen LogP contribution in [0.1, 0.15) is 26.2 Å². The predicted molar refractivity (Wildman–Crippen MR) is 51.8 cm³/mol. The predicted octanol–water partition coefficient (Wildman–Crippen LogP) is 0.348. The van der Waals surface area contributed by atoms with Crippen LogP contribution in [-0.4, -0.2) is 29.4 Å². The Kier molecular flexibility index (Phi) is 3.32. The molecule has 1 rings (SSSR count). The average molecular weight is 180 g/mol. The van der Waals surface area contributed by atoms with Crippen molar-refractivity contribution in [2.45, 2.75) is 38.3 Å². The van der Waals surface area contributed by atoms with Crippen LogP contribution in [0.5, 0.6) is 0 Å². The first-order valence-corrected chi connectivity index (χ1v) is 4.69. The molecule has 3 heteroatoms. The summed E-state index contributed by atoms with van der Waals surface area (Å²) in [4.78, 5) is 13.0. The second-order valence-electron chi connectivity index (χ2n) is 3.57. The van der Waals surface area contributed by atoms with Crippen molar-refractivity contribution in [3.05, 3.63) is 0 Å². The lowest BCUT2D eigenvalue weighted by Gasteiger charge is -2.36. The number of likely N-dealkylation sites (tertiary alicyclic amines) is 1. The summed E-state index contributed by atoms with van der Waals surface area (Å²) >= 11 is 0. The Labute approximate surface area is 79.3 Å². The topological polar surface area (TPSA) is 46.3 Å². The molecule has 2 N–H and O–H groups in total. The Hall–Kier alpha value is -1.01. The molecule has 0 bridgehead atoms. The van der Waals surface area contributed by atoms with Crippen LogP contribution in [0.15, 0.2) is 0 Å². The van der Waals surface area contributed by atoms with Crippen molar-refractivity contribution >= 4 is 5.91 Å². The monoisotopic (exact) mass is 180 g/mol. The fourth-order valence-corrected chi connectivity index (χ4v) is 1.84. The molecule has 0 aliphatic carbocycles. The van der Waals surface area contributed by atoms with Gasteiger partial charge in [-0.25, -0.2) is 0 Å². The van der Waals surface area contributed by atoms with Crippen LogP contribution in [-0.2, 0) is 4.79 Å². The average Bonchev–Trinajstić information content (AvgIpc) is 2.16. The minimum Gasteiger partial charge on any atom is -0.327 e. The molecule has 1 aliphatic rings. The van der Waals surface area contributed by atoms with Gasteiger partial charge in [0.2, 0.25) is 0 Å². The standard InChI is InChI=1S/C10H16N2O/c1-3-10(13)12-7-5-4-6-9(12)8(2)11/h1,8-9H,4-7,11H2,2H3. The number of nitrogens with two attached hydrogens (primary N) is 1. The number of hydrogen-bond donors (Lipinski definition) is 1.